The van der Waals surface area contributed by atoms with E-state index in [1.807, 2.05) is 18.2 Å². The monoisotopic (exact) mass is 409 g/mol. The molecule has 0 radical (unpaired) electrons. The van der Waals surface area contributed by atoms with Gasteiger partial charge in [-0.2, -0.15) is 0 Å². The van der Waals surface area contributed by atoms with Crippen LogP contribution < -0.4 is 20.1 Å². The van der Waals surface area contributed by atoms with E-state index >= 15 is 0 Å². The van der Waals surface area contributed by atoms with Gasteiger partial charge in [-0.25, -0.2) is 0 Å². The summed E-state index contributed by atoms with van der Waals surface area (Å²) in [6, 6.07) is 5.65. The molecule has 1 aromatic rings. The predicted molar refractivity (Wildman–Crippen MR) is 93.0 cm³/mol. The van der Waals surface area contributed by atoms with E-state index in [4.69, 9.17) is 9.47 Å². The quantitative estimate of drug-likeness (QED) is 0.348. The van der Waals surface area contributed by atoms with E-state index < -0.39 is 0 Å². The van der Waals surface area contributed by atoms with Crippen LogP contribution in [0.3, 0.4) is 0 Å². The van der Waals surface area contributed by atoms with Gasteiger partial charge in [-0.1, -0.05) is 0 Å². The number of alkyl halides is 1. The molecular formula is C14H21FIN3O2. The highest BCUT2D eigenvalue weighted by molar-refractivity contribution is 14.0. The lowest BCUT2D eigenvalue weighted by atomic mass is 10.3. The largest absolute Gasteiger partial charge is 0.490 e. The summed E-state index contributed by atoms with van der Waals surface area (Å²) in [4.78, 5) is 4.09. The fourth-order valence-electron chi connectivity index (χ4n) is 1.83. The van der Waals surface area contributed by atoms with Crippen molar-refractivity contribution in [1.29, 1.82) is 0 Å². The van der Waals surface area contributed by atoms with Crippen LogP contribution in [0.2, 0.25) is 0 Å². The molecule has 5 nitrogen and oxygen atoms in total. The third-order valence-electron chi connectivity index (χ3n) is 2.84. The third-order valence-corrected chi connectivity index (χ3v) is 2.84. The van der Waals surface area contributed by atoms with E-state index in [0.29, 0.717) is 32.1 Å². The lowest BCUT2D eigenvalue weighted by Gasteiger charge is -2.13. The van der Waals surface area contributed by atoms with Gasteiger partial charge in [0.1, 0.15) is 0 Å². The summed E-state index contributed by atoms with van der Waals surface area (Å²) in [5, 5.41) is 6.18. The molecular weight excluding hydrogens is 388 g/mol. The van der Waals surface area contributed by atoms with Gasteiger partial charge in [0.2, 0.25) is 0 Å². The maximum absolute atomic E-state index is 12.1. The van der Waals surface area contributed by atoms with E-state index in [0.717, 1.165) is 23.6 Å². The van der Waals surface area contributed by atoms with Gasteiger partial charge >= 0.3 is 0 Å². The average molecular weight is 409 g/mol. The predicted octanol–water partition coefficient (Wildman–Crippen LogP) is 2.81. The molecule has 1 heterocycles. The summed E-state index contributed by atoms with van der Waals surface area (Å²) < 4.78 is 23.3. The zero-order valence-electron chi connectivity index (χ0n) is 12.0. The van der Waals surface area contributed by atoms with E-state index in [2.05, 4.69) is 15.6 Å². The smallest absolute Gasteiger partial charge is 0.195 e. The Morgan fingerprint density at radius 1 is 1.29 bits per heavy atom. The molecule has 7 heteroatoms. The van der Waals surface area contributed by atoms with Gasteiger partial charge in [-0.15, -0.1) is 24.0 Å². The number of nitrogens with one attached hydrogen (secondary N) is 2. The number of halogens is 2. The molecule has 0 atom stereocenters. The van der Waals surface area contributed by atoms with Crippen LogP contribution >= 0.6 is 24.0 Å². The number of anilines is 1. The van der Waals surface area contributed by atoms with Crippen LogP contribution in [-0.4, -0.2) is 39.4 Å². The van der Waals surface area contributed by atoms with Gasteiger partial charge in [0.25, 0.3) is 0 Å². The molecule has 0 unspecified atom stereocenters. The lowest BCUT2D eigenvalue weighted by molar-refractivity contribution is 0.297. The second-order valence-electron chi connectivity index (χ2n) is 4.38. The summed E-state index contributed by atoms with van der Waals surface area (Å²) in [6.07, 6.45) is 1.34. The molecule has 2 N–H and O–H groups in total. The van der Waals surface area contributed by atoms with Crippen LogP contribution in [-0.2, 0) is 0 Å². The fourth-order valence-corrected chi connectivity index (χ4v) is 1.83. The molecule has 1 aliphatic heterocycles. The first-order valence-corrected chi connectivity index (χ1v) is 6.77. The fraction of sp³-hybridized carbons (Fsp3) is 0.500. The number of rotatable bonds is 4. The maximum Gasteiger partial charge on any atom is 0.195 e. The van der Waals surface area contributed by atoms with Crippen molar-refractivity contribution in [2.75, 3.05) is 38.8 Å². The minimum Gasteiger partial charge on any atom is -0.490 e. The molecule has 118 valence electrons. The average Bonchev–Trinajstić information content (AvgIpc) is 2.71. The van der Waals surface area contributed by atoms with Crippen LogP contribution in [0.15, 0.2) is 23.2 Å². The van der Waals surface area contributed by atoms with E-state index in [9.17, 15) is 4.39 Å². The maximum atomic E-state index is 12.1. The topological polar surface area (TPSA) is 54.9 Å². The number of hydrogen-bond acceptors (Lipinski definition) is 3. The van der Waals surface area contributed by atoms with Crippen LogP contribution in [0, 0.1) is 0 Å². The highest BCUT2D eigenvalue weighted by atomic mass is 127. The standard InChI is InChI=1S/C14H20FN3O2.HI/c1-16-14(17-7-2-6-15)18-11-4-5-12-13(10-11)20-9-3-8-19-12;/h4-5,10H,2-3,6-9H2,1H3,(H2,16,17,18);1H. The molecule has 0 spiro atoms. The number of ether oxygens (including phenoxy) is 2. The Balaban J connectivity index is 0.00000220. The van der Waals surface area contributed by atoms with Crippen LogP contribution in [0.5, 0.6) is 11.5 Å². The zero-order chi connectivity index (χ0) is 14.2. The molecule has 0 bridgehead atoms. The first kappa shape index (κ1) is 17.8. The van der Waals surface area contributed by atoms with Crippen LogP contribution in [0.1, 0.15) is 12.8 Å². The van der Waals surface area contributed by atoms with E-state index in [1.54, 1.807) is 7.05 Å². The molecule has 0 fully saturated rings. The Labute approximate surface area is 141 Å². The van der Waals surface area contributed by atoms with E-state index in [1.165, 1.54) is 0 Å². The molecule has 0 saturated heterocycles. The Hall–Kier alpha value is -1.25. The SMILES string of the molecule is CN=C(NCCCF)Nc1ccc2c(c1)OCCCO2.I. The van der Waals surface area contributed by atoms with Gasteiger partial charge < -0.3 is 20.1 Å². The summed E-state index contributed by atoms with van der Waals surface area (Å²) in [5.74, 6) is 2.09. The highest BCUT2D eigenvalue weighted by Gasteiger charge is 2.11. The van der Waals surface area contributed by atoms with E-state index in [-0.39, 0.29) is 30.7 Å². The number of guanidine groups is 1. The number of fused-ring (bicyclic) bond motifs is 1. The molecule has 2 rings (SSSR count). The van der Waals surface area contributed by atoms with Gasteiger partial charge in [0, 0.05) is 31.8 Å². The van der Waals surface area contributed by atoms with Crippen molar-refractivity contribution in [2.24, 2.45) is 4.99 Å². The molecule has 0 aromatic heterocycles. The van der Waals surface area contributed by atoms with Crippen LogP contribution in [0.25, 0.3) is 0 Å². The third kappa shape index (κ3) is 5.56. The van der Waals surface area contributed by atoms with Gasteiger partial charge in [0.05, 0.1) is 19.9 Å². The van der Waals surface area contributed by atoms with Crippen molar-refractivity contribution in [3.63, 3.8) is 0 Å². The number of hydrogen-bond donors (Lipinski definition) is 2. The Kier molecular flexibility index (Phi) is 8.17. The van der Waals surface area contributed by atoms with Crippen molar-refractivity contribution < 1.29 is 13.9 Å². The number of aliphatic imine (C=N–C) groups is 1. The van der Waals surface area contributed by atoms with Crippen molar-refractivity contribution in [1.82, 2.24) is 5.32 Å². The second kappa shape index (κ2) is 9.64. The normalized spacial score (nSPS) is 13.9. The van der Waals surface area contributed by atoms with Crippen molar-refractivity contribution >= 4 is 35.6 Å². The number of benzene rings is 1. The molecule has 21 heavy (non-hydrogen) atoms. The first-order chi connectivity index (χ1) is 9.83. The minimum atomic E-state index is -0.339. The van der Waals surface area contributed by atoms with Gasteiger partial charge in [-0.05, 0) is 18.6 Å². The van der Waals surface area contributed by atoms with Crippen LogP contribution in [0.4, 0.5) is 10.1 Å². The van der Waals surface area contributed by atoms with Crippen molar-refractivity contribution in [3.8, 4) is 11.5 Å². The van der Waals surface area contributed by atoms with Crippen molar-refractivity contribution in [3.05, 3.63) is 18.2 Å². The van der Waals surface area contributed by atoms with Crippen molar-refractivity contribution in [2.45, 2.75) is 12.8 Å². The molecule has 0 amide bonds. The summed E-state index contributed by atoms with van der Waals surface area (Å²) in [7, 11) is 1.67. The summed E-state index contributed by atoms with van der Waals surface area (Å²) in [5.41, 5.74) is 0.850. The van der Waals surface area contributed by atoms with Gasteiger partial charge in [-0.3, -0.25) is 9.38 Å². The Bertz CT molecular complexity index is 472. The summed E-state index contributed by atoms with van der Waals surface area (Å²) in [6.45, 7) is 1.53. The number of nitrogens with zero attached hydrogens (tertiary/aromatic N) is 1. The molecule has 0 aliphatic carbocycles. The first-order valence-electron chi connectivity index (χ1n) is 6.77. The van der Waals surface area contributed by atoms with Gasteiger partial charge in [0.15, 0.2) is 17.5 Å². The highest BCUT2D eigenvalue weighted by Crippen LogP contribution is 2.32. The zero-order valence-corrected chi connectivity index (χ0v) is 14.4. The Morgan fingerprint density at radius 2 is 2.05 bits per heavy atom. The minimum absolute atomic E-state index is 0. The summed E-state index contributed by atoms with van der Waals surface area (Å²) >= 11 is 0. The molecule has 1 aliphatic rings. The lowest BCUT2D eigenvalue weighted by Crippen LogP contribution is -2.31. The Morgan fingerprint density at radius 3 is 2.76 bits per heavy atom. The second-order valence-corrected chi connectivity index (χ2v) is 4.38. The molecule has 0 saturated carbocycles. The molecule has 1 aromatic carbocycles.